The van der Waals surface area contributed by atoms with Gasteiger partial charge in [0.2, 0.25) is 11.8 Å². The number of carbonyl (C=O) groups is 2. The van der Waals surface area contributed by atoms with E-state index in [4.69, 9.17) is 0 Å². The summed E-state index contributed by atoms with van der Waals surface area (Å²) in [5.41, 5.74) is 2.70. The van der Waals surface area contributed by atoms with Crippen LogP contribution in [0.15, 0.2) is 47.6 Å². The Morgan fingerprint density at radius 3 is 2.67 bits per heavy atom. The van der Waals surface area contributed by atoms with Crippen molar-refractivity contribution in [3.8, 4) is 0 Å². The molecule has 3 rings (SSSR count). The van der Waals surface area contributed by atoms with Gasteiger partial charge in [0, 0.05) is 35.9 Å². The molecule has 0 saturated carbocycles. The highest BCUT2D eigenvalue weighted by molar-refractivity contribution is 7.99. The molecule has 0 bridgehead atoms. The molecule has 0 radical (unpaired) electrons. The number of hydrogen-bond donors (Lipinski definition) is 1. The maximum absolute atomic E-state index is 12.2. The third kappa shape index (κ3) is 5.57. The summed E-state index contributed by atoms with van der Waals surface area (Å²) in [6.45, 7) is 5.47. The molecule has 1 aliphatic rings. The van der Waals surface area contributed by atoms with E-state index in [1.54, 1.807) is 17.3 Å². The van der Waals surface area contributed by atoms with Crippen molar-refractivity contribution in [2.45, 2.75) is 49.8 Å². The standard InChI is InChI=1S/C21H25N3O2S/c1-15(2)27-19-7-5-16(6-8-19)11-20(25)23-13-17-10-18(14-22-12-17)24-9-3-4-21(24)26/h5-8,10,12,14-15H,3-4,9,11,13H2,1-2H3,(H,23,25). The second-order valence-electron chi connectivity index (χ2n) is 6.96. The lowest BCUT2D eigenvalue weighted by atomic mass is 10.1. The van der Waals surface area contributed by atoms with Crippen LogP contribution < -0.4 is 10.2 Å². The van der Waals surface area contributed by atoms with Gasteiger partial charge < -0.3 is 10.2 Å². The second-order valence-corrected chi connectivity index (χ2v) is 8.61. The highest BCUT2D eigenvalue weighted by Gasteiger charge is 2.22. The maximum Gasteiger partial charge on any atom is 0.227 e. The van der Waals surface area contributed by atoms with Crippen LogP contribution >= 0.6 is 11.8 Å². The van der Waals surface area contributed by atoms with E-state index in [2.05, 4.69) is 36.3 Å². The topological polar surface area (TPSA) is 62.3 Å². The number of thioether (sulfide) groups is 1. The Labute approximate surface area is 164 Å². The van der Waals surface area contributed by atoms with E-state index >= 15 is 0 Å². The first-order valence-corrected chi connectivity index (χ1v) is 10.2. The van der Waals surface area contributed by atoms with Crippen LogP contribution in [0.1, 0.15) is 37.8 Å². The first-order chi connectivity index (χ1) is 13.0. The fourth-order valence-electron chi connectivity index (χ4n) is 3.05. The van der Waals surface area contributed by atoms with Gasteiger partial charge in [0.1, 0.15) is 0 Å². The van der Waals surface area contributed by atoms with Gasteiger partial charge in [-0.1, -0.05) is 26.0 Å². The van der Waals surface area contributed by atoms with Crippen LogP contribution in [0.25, 0.3) is 0 Å². The monoisotopic (exact) mass is 383 g/mol. The van der Waals surface area contributed by atoms with Gasteiger partial charge in [0.15, 0.2) is 0 Å². The molecule has 1 N–H and O–H groups in total. The summed E-state index contributed by atoms with van der Waals surface area (Å²) >= 11 is 1.81. The summed E-state index contributed by atoms with van der Waals surface area (Å²) in [7, 11) is 0. The van der Waals surface area contributed by atoms with Crippen molar-refractivity contribution in [1.82, 2.24) is 10.3 Å². The lowest BCUT2D eigenvalue weighted by Gasteiger charge is -2.16. The van der Waals surface area contributed by atoms with Crippen LogP contribution in [-0.2, 0) is 22.6 Å². The third-order valence-electron chi connectivity index (χ3n) is 4.32. The van der Waals surface area contributed by atoms with E-state index in [-0.39, 0.29) is 11.8 Å². The first-order valence-electron chi connectivity index (χ1n) is 9.28. The van der Waals surface area contributed by atoms with Crippen LogP contribution in [-0.4, -0.2) is 28.6 Å². The van der Waals surface area contributed by atoms with Crippen LogP contribution in [0.3, 0.4) is 0 Å². The van der Waals surface area contributed by atoms with Crippen molar-refractivity contribution in [3.05, 3.63) is 53.9 Å². The number of anilines is 1. The minimum Gasteiger partial charge on any atom is -0.352 e. The molecule has 5 nitrogen and oxygen atoms in total. The molecule has 0 aliphatic carbocycles. The molecular formula is C21H25N3O2S. The highest BCUT2D eigenvalue weighted by atomic mass is 32.2. The predicted octanol–water partition coefficient (Wildman–Crippen LogP) is 3.57. The Morgan fingerprint density at radius 1 is 1.22 bits per heavy atom. The molecule has 1 fully saturated rings. The first kappa shape index (κ1) is 19.4. The largest absolute Gasteiger partial charge is 0.352 e. The molecular weight excluding hydrogens is 358 g/mol. The van der Waals surface area contributed by atoms with Gasteiger partial charge >= 0.3 is 0 Å². The Bertz CT molecular complexity index is 805. The number of nitrogens with zero attached hydrogens (tertiary/aromatic N) is 2. The van der Waals surface area contributed by atoms with Crippen molar-refractivity contribution in [3.63, 3.8) is 0 Å². The zero-order chi connectivity index (χ0) is 19.2. The van der Waals surface area contributed by atoms with Crippen molar-refractivity contribution in [1.29, 1.82) is 0 Å². The quantitative estimate of drug-likeness (QED) is 0.743. The minimum absolute atomic E-state index is 0.0260. The smallest absolute Gasteiger partial charge is 0.227 e. The zero-order valence-corrected chi connectivity index (χ0v) is 16.6. The zero-order valence-electron chi connectivity index (χ0n) is 15.8. The number of benzene rings is 1. The van der Waals surface area contributed by atoms with E-state index in [9.17, 15) is 9.59 Å². The minimum atomic E-state index is -0.0260. The van der Waals surface area contributed by atoms with Crippen molar-refractivity contribution in [2.75, 3.05) is 11.4 Å². The van der Waals surface area contributed by atoms with Crippen molar-refractivity contribution in [2.24, 2.45) is 0 Å². The fourth-order valence-corrected chi connectivity index (χ4v) is 3.88. The molecule has 2 heterocycles. The highest BCUT2D eigenvalue weighted by Crippen LogP contribution is 2.23. The molecule has 1 aromatic heterocycles. The normalized spacial score (nSPS) is 14.0. The Morgan fingerprint density at radius 2 is 2.00 bits per heavy atom. The number of pyridine rings is 1. The summed E-state index contributed by atoms with van der Waals surface area (Å²) in [4.78, 5) is 31.3. The van der Waals surface area contributed by atoms with E-state index in [0.29, 0.717) is 24.6 Å². The van der Waals surface area contributed by atoms with E-state index in [1.165, 1.54) is 4.90 Å². The molecule has 142 valence electrons. The number of amides is 2. The van der Waals surface area contributed by atoms with Crippen LogP contribution in [0.5, 0.6) is 0 Å². The van der Waals surface area contributed by atoms with Gasteiger partial charge in [-0.3, -0.25) is 14.6 Å². The average molecular weight is 384 g/mol. The van der Waals surface area contributed by atoms with E-state index < -0.39 is 0 Å². The molecule has 0 spiro atoms. The van der Waals surface area contributed by atoms with Crippen molar-refractivity contribution >= 4 is 29.3 Å². The van der Waals surface area contributed by atoms with Crippen LogP contribution in [0, 0.1) is 0 Å². The van der Waals surface area contributed by atoms with E-state index in [1.807, 2.05) is 30.0 Å². The van der Waals surface area contributed by atoms with Gasteiger partial charge in [-0.05, 0) is 35.7 Å². The molecule has 2 amide bonds. The van der Waals surface area contributed by atoms with Gasteiger partial charge in [0.05, 0.1) is 18.3 Å². The summed E-state index contributed by atoms with van der Waals surface area (Å²) < 4.78 is 0. The molecule has 1 aromatic carbocycles. The van der Waals surface area contributed by atoms with E-state index in [0.717, 1.165) is 29.8 Å². The molecule has 1 saturated heterocycles. The molecule has 2 aromatic rings. The molecule has 6 heteroatoms. The SMILES string of the molecule is CC(C)Sc1ccc(CC(=O)NCc2cncc(N3CCCC3=O)c2)cc1. The van der Waals surface area contributed by atoms with Gasteiger partial charge in [-0.2, -0.15) is 0 Å². The summed E-state index contributed by atoms with van der Waals surface area (Å²) in [6.07, 6.45) is 5.25. The van der Waals surface area contributed by atoms with Crippen LogP contribution in [0.2, 0.25) is 0 Å². The number of hydrogen-bond acceptors (Lipinski definition) is 4. The lowest BCUT2D eigenvalue weighted by molar-refractivity contribution is -0.120. The van der Waals surface area contributed by atoms with Gasteiger partial charge in [-0.25, -0.2) is 0 Å². The molecule has 27 heavy (non-hydrogen) atoms. The fraction of sp³-hybridized carbons (Fsp3) is 0.381. The predicted molar refractivity (Wildman–Crippen MR) is 109 cm³/mol. The molecule has 0 atom stereocenters. The Hall–Kier alpha value is -2.34. The Kier molecular flexibility index (Phi) is 6.50. The summed E-state index contributed by atoms with van der Waals surface area (Å²) in [5.74, 6) is 0.110. The van der Waals surface area contributed by atoms with Crippen molar-refractivity contribution < 1.29 is 9.59 Å². The number of nitrogens with one attached hydrogen (secondary N) is 1. The number of carbonyl (C=O) groups excluding carboxylic acids is 2. The average Bonchev–Trinajstić information content (AvgIpc) is 3.07. The maximum atomic E-state index is 12.2. The lowest BCUT2D eigenvalue weighted by Crippen LogP contribution is -2.26. The molecule has 1 aliphatic heterocycles. The summed E-state index contributed by atoms with van der Waals surface area (Å²) in [5, 5.41) is 3.48. The Balaban J connectivity index is 1.52. The number of aromatic nitrogens is 1. The van der Waals surface area contributed by atoms with Gasteiger partial charge in [0.25, 0.3) is 0 Å². The van der Waals surface area contributed by atoms with Crippen LogP contribution in [0.4, 0.5) is 5.69 Å². The van der Waals surface area contributed by atoms with Gasteiger partial charge in [-0.15, -0.1) is 11.8 Å². The third-order valence-corrected chi connectivity index (χ3v) is 5.33. The summed E-state index contributed by atoms with van der Waals surface area (Å²) in [6, 6.07) is 10.1. The second kappa shape index (κ2) is 9.04. The molecule has 0 unspecified atom stereocenters. The number of rotatable bonds is 7.